The lowest BCUT2D eigenvalue weighted by Gasteiger charge is -2.37. The van der Waals surface area contributed by atoms with Crippen molar-refractivity contribution in [3.63, 3.8) is 0 Å². The molecule has 0 aromatic heterocycles. The molecule has 0 spiro atoms. The molecule has 0 amide bonds. The van der Waals surface area contributed by atoms with Crippen LogP contribution < -0.4 is 5.73 Å². The number of hydrogen-bond acceptors (Lipinski definition) is 4. The van der Waals surface area contributed by atoms with Gasteiger partial charge in [-0.1, -0.05) is 0 Å². The maximum absolute atomic E-state index is 13.1. The Hall–Kier alpha value is -0.230. The van der Waals surface area contributed by atoms with Crippen molar-refractivity contribution in [2.24, 2.45) is 5.73 Å². The minimum atomic E-state index is -1.47. The van der Waals surface area contributed by atoms with Crippen LogP contribution in [0, 0.1) is 0 Å². The molecule has 4 nitrogen and oxygen atoms in total. The van der Waals surface area contributed by atoms with E-state index in [0.717, 1.165) is 0 Å². The van der Waals surface area contributed by atoms with Crippen LogP contribution in [0.2, 0.25) is 0 Å². The van der Waals surface area contributed by atoms with Crippen molar-refractivity contribution in [3.8, 4) is 0 Å². The molecule has 5 heteroatoms. The van der Waals surface area contributed by atoms with Gasteiger partial charge in [-0.05, 0) is 6.92 Å². The number of nitrogens with two attached hydrogens (primary N) is 1. The molecule has 1 heterocycles. The fourth-order valence-electron chi connectivity index (χ4n) is 1.24. The Bertz CT molecular complexity index is 153. The van der Waals surface area contributed by atoms with Crippen molar-refractivity contribution in [2.45, 2.75) is 37.6 Å². The average Bonchev–Trinajstić information content (AvgIpc) is 2.08. The molecule has 0 aromatic rings. The quantitative estimate of drug-likeness (QED) is 0.564. The molecule has 5 atom stereocenters. The molecule has 1 rings (SSSR count). The Morgan fingerprint density at radius 3 is 2.67 bits per heavy atom. The van der Waals surface area contributed by atoms with Gasteiger partial charge in [-0.2, -0.15) is 0 Å². The summed E-state index contributed by atoms with van der Waals surface area (Å²) in [5, 5.41) is 9.28. The van der Waals surface area contributed by atoms with E-state index in [-0.39, 0.29) is 0 Å². The van der Waals surface area contributed by atoms with Crippen molar-refractivity contribution in [1.82, 2.24) is 0 Å². The van der Waals surface area contributed by atoms with Gasteiger partial charge in [-0.15, -0.1) is 0 Å². The van der Waals surface area contributed by atoms with Crippen LogP contribution in [0.4, 0.5) is 4.39 Å². The number of hydrogen-bond donors (Lipinski definition) is 2. The van der Waals surface area contributed by atoms with Gasteiger partial charge in [-0.25, -0.2) is 4.39 Å². The SMILES string of the molecule is COC1OC(C)C(O)C(N)C1F. The average molecular weight is 179 g/mol. The first-order valence-corrected chi connectivity index (χ1v) is 3.84. The molecule has 0 saturated carbocycles. The molecule has 0 aromatic carbocycles. The summed E-state index contributed by atoms with van der Waals surface area (Å²) < 4.78 is 22.8. The summed E-state index contributed by atoms with van der Waals surface area (Å²) >= 11 is 0. The Kier molecular flexibility index (Phi) is 3.00. The highest BCUT2D eigenvalue weighted by Crippen LogP contribution is 2.22. The van der Waals surface area contributed by atoms with Gasteiger partial charge in [0, 0.05) is 7.11 Å². The van der Waals surface area contributed by atoms with Crippen molar-refractivity contribution in [3.05, 3.63) is 0 Å². The van der Waals surface area contributed by atoms with Gasteiger partial charge in [0.05, 0.1) is 18.2 Å². The largest absolute Gasteiger partial charge is 0.389 e. The van der Waals surface area contributed by atoms with Gasteiger partial charge in [0.25, 0.3) is 0 Å². The minimum absolute atomic E-state index is 0.489. The molecule has 3 N–H and O–H groups in total. The lowest BCUT2D eigenvalue weighted by atomic mass is 9.99. The van der Waals surface area contributed by atoms with Crippen molar-refractivity contribution >= 4 is 0 Å². The molecule has 5 unspecified atom stereocenters. The van der Waals surface area contributed by atoms with E-state index in [2.05, 4.69) is 0 Å². The van der Waals surface area contributed by atoms with Gasteiger partial charge in [0.15, 0.2) is 12.5 Å². The lowest BCUT2D eigenvalue weighted by Crippen LogP contribution is -2.59. The van der Waals surface area contributed by atoms with Gasteiger partial charge in [0.1, 0.15) is 0 Å². The van der Waals surface area contributed by atoms with Gasteiger partial charge < -0.3 is 20.3 Å². The fraction of sp³-hybridized carbons (Fsp3) is 1.00. The van der Waals surface area contributed by atoms with Crippen LogP contribution in [-0.4, -0.2) is 42.9 Å². The van der Waals surface area contributed by atoms with E-state index >= 15 is 0 Å². The molecule has 1 fully saturated rings. The zero-order chi connectivity index (χ0) is 9.30. The number of rotatable bonds is 1. The molecule has 1 saturated heterocycles. The Balaban J connectivity index is 2.63. The number of alkyl halides is 1. The van der Waals surface area contributed by atoms with Crippen LogP contribution in [0.25, 0.3) is 0 Å². The first-order valence-electron chi connectivity index (χ1n) is 3.84. The van der Waals surface area contributed by atoms with E-state index in [4.69, 9.17) is 15.2 Å². The molecule has 0 bridgehead atoms. The Morgan fingerprint density at radius 2 is 2.17 bits per heavy atom. The number of aliphatic hydroxyl groups excluding tert-OH is 1. The van der Waals surface area contributed by atoms with Gasteiger partial charge in [-0.3, -0.25) is 0 Å². The smallest absolute Gasteiger partial charge is 0.190 e. The summed E-state index contributed by atoms with van der Waals surface area (Å²) in [6, 6.07) is -0.932. The number of ether oxygens (including phenoxy) is 2. The van der Waals surface area contributed by atoms with Crippen LogP contribution in [0.5, 0.6) is 0 Å². The molecule has 1 aliphatic heterocycles. The van der Waals surface area contributed by atoms with Crippen LogP contribution in [0.1, 0.15) is 6.92 Å². The van der Waals surface area contributed by atoms with E-state index < -0.39 is 30.7 Å². The Labute approximate surface area is 70.4 Å². The lowest BCUT2D eigenvalue weighted by molar-refractivity contribution is -0.242. The number of methoxy groups -OCH3 is 1. The second-order valence-corrected chi connectivity index (χ2v) is 2.96. The maximum Gasteiger partial charge on any atom is 0.190 e. The third-order valence-corrected chi connectivity index (χ3v) is 2.08. The molecular weight excluding hydrogens is 165 g/mol. The zero-order valence-electron chi connectivity index (χ0n) is 7.11. The maximum atomic E-state index is 13.1. The van der Waals surface area contributed by atoms with E-state index in [1.54, 1.807) is 6.92 Å². The molecule has 0 radical (unpaired) electrons. The van der Waals surface area contributed by atoms with Gasteiger partial charge >= 0.3 is 0 Å². The summed E-state index contributed by atoms with van der Waals surface area (Å²) in [7, 11) is 1.34. The van der Waals surface area contributed by atoms with Gasteiger partial charge in [0.2, 0.25) is 0 Å². The first kappa shape index (κ1) is 9.85. The van der Waals surface area contributed by atoms with Crippen LogP contribution in [-0.2, 0) is 9.47 Å². The minimum Gasteiger partial charge on any atom is -0.389 e. The van der Waals surface area contributed by atoms with E-state index in [1.165, 1.54) is 7.11 Å². The summed E-state index contributed by atoms with van der Waals surface area (Å²) in [5.74, 6) is 0. The third kappa shape index (κ3) is 1.59. The Morgan fingerprint density at radius 1 is 1.58 bits per heavy atom. The number of halogens is 1. The summed E-state index contributed by atoms with van der Waals surface area (Å²) in [4.78, 5) is 0. The molecule has 1 aliphatic rings. The predicted octanol–water partition coefficient (Wildman–Crippen LogP) is -0.596. The van der Waals surface area contributed by atoms with E-state index in [9.17, 15) is 9.50 Å². The van der Waals surface area contributed by atoms with Crippen LogP contribution >= 0.6 is 0 Å². The fourth-order valence-corrected chi connectivity index (χ4v) is 1.24. The normalized spacial score (nSPS) is 49.2. The highest BCUT2D eigenvalue weighted by atomic mass is 19.1. The highest BCUT2D eigenvalue weighted by molar-refractivity contribution is 4.90. The topological polar surface area (TPSA) is 64.7 Å². The number of aliphatic hydroxyl groups is 1. The zero-order valence-corrected chi connectivity index (χ0v) is 7.11. The second kappa shape index (κ2) is 3.66. The summed E-state index contributed by atoms with van der Waals surface area (Å²) in [6.45, 7) is 1.63. The van der Waals surface area contributed by atoms with Crippen LogP contribution in [0.3, 0.4) is 0 Å². The van der Waals surface area contributed by atoms with Crippen molar-refractivity contribution < 1.29 is 19.0 Å². The molecule has 72 valence electrons. The van der Waals surface area contributed by atoms with Crippen molar-refractivity contribution in [2.75, 3.05) is 7.11 Å². The molecule has 12 heavy (non-hydrogen) atoms. The molecular formula is C7H14FNO3. The van der Waals surface area contributed by atoms with Crippen molar-refractivity contribution in [1.29, 1.82) is 0 Å². The summed E-state index contributed by atoms with van der Waals surface area (Å²) in [6.07, 6.45) is -3.89. The summed E-state index contributed by atoms with van der Waals surface area (Å²) in [5.41, 5.74) is 5.39. The highest BCUT2D eigenvalue weighted by Gasteiger charge is 2.41. The second-order valence-electron chi connectivity index (χ2n) is 2.96. The molecule has 0 aliphatic carbocycles. The van der Waals surface area contributed by atoms with E-state index in [1.807, 2.05) is 0 Å². The van der Waals surface area contributed by atoms with E-state index in [0.29, 0.717) is 0 Å². The monoisotopic (exact) mass is 179 g/mol. The van der Waals surface area contributed by atoms with Crippen LogP contribution in [0.15, 0.2) is 0 Å². The third-order valence-electron chi connectivity index (χ3n) is 2.08. The predicted molar refractivity (Wildman–Crippen MR) is 40.2 cm³/mol. The first-order chi connectivity index (χ1) is 5.57. The standard InChI is InChI=1S/C7H14FNO3/c1-3-6(10)5(9)4(8)7(11-2)12-3/h3-7,10H,9H2,1-2H3.